The normalized spacial score (nSPS) is 22.8. The Balaban J connectivity index is 1.22. The van der Waals surface area contributed by atoms with E-state index < -0.39 is 0 Å². The average Bonchev–Trinajstić information content (AvgIpc) is 3.66. The van der Waals surface area contributed by atoms with E-state index in [1.165, 1.54) is 11.1 Å². The van der Waals surface area contributed by atoms with Crippen LogP contribution in [0.25, 0.3) is 16.9 Å². The fraction of sp³-hybridized carbons (Fsp3) is 0.387. The number of benzene rings is 2. The van der Waals surface area contributed by atoms with Crippen LogP contribution in [0, 0.1) is 11.7 Å². The van der Waals surface area contributed by atoms with Crippen molar-refractivity contribution in [3.05, 3.63) is 88.5 Å². The first-order valence-corrected chi connectivity index (χ1v) is 13.7. The van der Waals surface area contributed by atoms with Crippen molar-refractivity contribution in [1.29, 1.82) is 0 Å². The van der Waals surface area contributed by atoms with Gasteiger partial charge >= 0.3 is 0 Å². The van der Waals surface area contributed by atoms with Gasteiger partial charge in [-0.1, -0.05) is 30.3 Å². The number of aliphatic hydroxyl groups is 1. The standard InChI is InChI=1S/C31H31FN4O2/c1-18-24-5-3-2-4-20(24)10-11-35(18)31(38)28-15-29(21-6-7-21)36-30(33-28)16-27(34-36)25-9-8-22(14-26(25)32)23-12-19(13-23)17-37/h2-5,8-9,14-16,18-19,21,23,37H,6-7,10-13,17H2,1H3/t18-,19-,23-/m1/s1. The molecule has 2 fully saturated rings. The van der Waals surface area contributed by atoms with Crippen LogP contribution in [0.5, 0.6) is 0 Å². The average molecular weight is 511 g/mol. The molecule has 38 heavy (non-hydrogen) atoms. The molecule has 4 aromatic rings. The van der Waals surface area contributed by atoms with Crippen molar-refractivity contribution in [2.24, 2.45) is 5.92 Å². The zero-order valence-corrected chi connectivity index (χ0v) is 21.5. The van der Waals surface area contributed by atoms with Crippen LogP contribution in [0.2, 0.25) is 0 Å². The summed E-state index contributed by atoms with van der Waals surface area (Å²) < 4.78 is 17.1. The molecule has 2 aromatic carbocycles. The number of fused-ring (bicyclic) bond motifs is 2. The minimum atomic E-state index is -0.302. The third-order valence-electron chi connectivity index (χ3n) is 8.76. The molecule has 1 amide bonds. The second-order valence-electron chi connectivity index (χ2n) is 11.2. The van der Waals surface area contributed by atoms with Crippen molar-refractivity contribution in [3.63, 3.8) is 0 Å². The SMILES string of the molecule is C[C@@H]1c2ccccc2CCN1C(=O)c1cc(C2CC2)n2nc(-c3ccc([C@H]4C[C@H](CO)C4)cc3F)cc2n1. The van der Waals surface area contributed by atoms with Crippen LogP contribution >= 0.6 is 0 Å². The van der Waals surface area contributed by atoms with Crippen LogP contribution < -0.4 is 0 Å². The molecule has 3 heterocycles. The monoisotopic (exact) mass is 510 g/mol. The Morgan fingerprint density at radius 1 is 1.08 bits per heavy atom. The number of carbonyl (C=O) groups excluding carboxylic acids is 1. The van der Waals surface area contributed by atoms with E-state index in [2.05, 4.69) is 19.1 Å². The highest BCUT2D eigenvalue weighted by Gasteiger charge is 2.33. The van der Waals surface area contributed by atoms with Crippen molar-refractivity contribution in [3.8, 4) is 11.3 Å². The smallest absolute Gasteiger partial charge is 0.273 e. The fourth-order valence-electron chi connectivity index (χ4n) is 6.26. The van der Waals surface area contributed by atoms with Gasteiger partial charge in [0.25, 0.3) is 5.91 Å². The summed E-state index contributed by atoms with van der Waals surface area (Å²) in [6.45, 7) is 2.93. The van der Waals surface area contributed by atoms with Crippen LogP contribution in [0.3, 0.4) is 0 Å². The molecule has 194 valence electrons. The maximum absolute atomic E-state index is 15.3. The van der Waals surface area contributed by atoms with E-state index in [1.807, 2.05) is 29.2 Å². The number of nitrogens with zero attached hydrogens (tertiary/aromatic N) is 4. The van der Waals surface area contributed by atoms with E-state index in [4.69, 9.17) is 10.1 Å². The molecule has 0 saturated heterocycles. The number of amides is 1. The lowest BCUT2D eigenvalue weighted by Gasteiger charge is -2.35. The summed E-state index contributed by atoms with van der Waals surface area (Å²) in [5.74, 6) is 0.592. The van der Waals surface area contributed by atoms with Crippen LogP contribution in [0.15, 0.2) is 54.6 Å². The molecule has 0 unspecified atom stereocenters. The van der Waals surface area contributed by atoms with Gasteiger partial charge in [0.05, 0.1) is 11.7 Å². The zero-order chi connectivity index (χ0) is 26.0. The second-order valence-corrected chi connectivity index (χ2v) is 11.2. The summed E-state index contributed by atoms with van der Waals surface area (Å²) in [6, 6.07) is 17.4. The molecular weight excluding hydrogens is 479 g/mol. The Bertz CT molecular complexity index is 1550. The summed E-state index contributed by atoms with van der Waals surface area (Å²) in [5.41, 5.74) is 6.39. The lowest BCUT2D eigenvalue weighted by atomic mass is 9.72. The molecule has 1 atom stereocenters. The Hall–Kier alpha value is -3.58. The molecule has 0 radical (unpaired) electrons. The van der Waals surface area contributed by atoms with Crippen molar-refractivity contribution >= 4 is 11.6 Å². The van der Waals surface area contributed by atoms with Gasteiger partial charge < -0.3 is 10.0 Å². The first-order valence-electron chi connectivity index (χ1n) is 13.7. The molecule has 1 aliphatic heterocycles. The molecule has 6 nitrogen and oxygen atoms in total. The van der Waals surface area contributed by atoms with Gasteiger partial charge in [-0.05, 0) is 85.8 Å². The van der Waals surface area contributed by atoms with Crippen molar-refractivity contribution in [2.45, 2.75) is 56.9 Å². The van der Waals surface area contributed by atoms with Crippen LogP contribution in [-0.2, 0) is 6.42 Å². The Morgan fingerprint density at radius 2 is 1.89 bits per heavy atom. The number of aliphatic hydroxyl groups excluding tert-OH is 1. The molecular formula is C31H31FN4O2. The van der Waals surface area contributed by atoms with Gasteiger partial charge in [-0.2, -0.15) is 5.10 Å². The minimum Gasteiger partial charge on any atom is -0.396 e. The lowest BCUT2D eigenvalue weighted by molar-refractivity contribution is 0.0671. The summed E-state index contributed by atoms with van der Waals surface area (Å²) >= 11 is 0. The summed E-state index contributed by atoms with van der Waals surface area (Å²) in [4.78, 5) is 20.4. The Kier molecular flexibility index (Phi) is 5.58. The molecule has 2 aromatic heterocycles. The Labute approximate surface area is 221 Å². The molecule has 0 bridgehead atoms. The van der Waals surface area contributed by atoms with E-state index >= 15 is 4.39 Å². The quantitative estimate of drug-likeness (QED) is 0.376. The number of hydrogen-bond acceptors (Lipinski definition) is 4. The highest BCUT2D eigenvalue weighted by atomic mass is 19.1. The van der Waals surface area contributed by atoms with Crippen LogP contribution in [0.1, 0.15) is 83.4 Å². The minimum absolute atomic E-state index is 0.0220. The van der Waals surface area contributed by atoms with Gasteiger partial charge in [0.15, 0.2) is 5.65 Å². The molecule has 3 aliphatic rings. The lowest BCUT2D eigenvalue weighted by Crippen LogP contribution is -2.39. The van der Waals surface area contributed by atoms with Gasteiger partial charge in [0.2, 0.25) is 0 Å². The van der Waals surface area contributed by atoms with Gasteiger partial charge in [0.1, 0.15) is 11.5 Å². The number of hydrogen-bond donors (Lipinski definition) is 1. The summed E-state index contributed by atoms with van der Waals surface area (Å²) in [6.07, 6.45) is 4.73. The van der Waals surface area contributed by atoms with Crippen molar-refractivity contribution in [2.75, 3.05) is 13.2 Å². The summed E-state index contributed by atoms with van der Waals surface area (Å²) in [7, 11) is 0. The molecule has 2 aliphatic carbocycles. The fourth-order valence-corrected chi connectivity index (χ4v) is 6.26. The molecule has 0 spiro atoms. The first-order chi connectivity index (χ1) is 18.5. The van der Waals surface area contributed by atoms with Gasteiger partial charge in [-0.25, -0.2) is 13.9 Å². The summed E-state index contributed by atoms with van der Waals surface area (Å²) in [5, 5.41) is 14.1. The van der Waals surface area contributed by atoms with Gasteiger partial charge in [0, 0.05) is 36.4 Å². The maximum atomic E-state index is 15.3. The van der Waals surface area contributed by atoms with Crippen molar-refractivity contribution < 1.29 is 14.3 Å². The van der Waals surface area contributed by atoms with E-state index in [1.54, 1.807) is 22.7 Å². The predicted octanol–water partition coefficient (Wildman–Crippen LogP) is 5.66. The Morgan fingerprint density at radius 3 is 2.66 bits per heavy atom. The zero-order valence-electron chi connectivity index (χ0n) is 21.5. The molecule has 7 heteroatoms. The molecule has 7 rings (SSSR count). The van der Waals surface area contributed by atoms with Crippen molar-refractivity contribution in [1.82, 2.24) is 19.5 Å². The van der Waals surface area contributed by atoms with Crippen LogP contribution in [0.4, 0.5) is 4.39 Å². The van der Waals surface area contributed by atoms with E-state index in [9.17, 15) is 9.90 Å². The maximum Gasteiger partial charge on any atom is 0.273 e. The second kappa shape index (κ2) is 9.02. The highest BCUT2D eigenvalue weighted by Crippen LogP contribution is 2.43. The third kappa shape index (κ3) is 3.91. The van der Waals surface area contributed by atoms with Crippen LogP contribution in [-0.4, -0.2) is 43.7 Å². The number of halogens is 1. The van der Waals surface area contributed by atoms with Gasteiger partial charge in [-0.15, -0.1) is 0 Å². The first kappa shape index (κ1) is 23.5. The van der Waals surface area contributed by atoms with E-state index in [-0.39, 0.29) is 24.4 Å². The van der Waals surface area contributed by atoms with E-state index in [0.29, 0.717) is 46.9 Å². The molecule has 1 N–H and O–H groups in total. The topological polar surface area (TPSA) is 70.7 Å². The number of carbonyl (C=O) groups is 1. The number of rotatable bonds is 5. The van der Waals surface area contributed by atoms with E-state index in [0.717, 1.165) is 43.4 Å². The predicted molar refractivity (Wildman–Crippen MR) is 143 cm³/mol. The largest absolute Gasteiger partial charge is 0.396 e. The molecule has 2 saturated carbocycles. The highest BCUT2D eigenvalue weighted by molar-refractivity contribution is 5.93. The number of aromatic nitrogens is 3. The third-order valence-corrected chi connectivity index (χ3v) is 8.76. The van der Waals surface area contributed by atoms with Gasteiger partial charge in [-0.3, -0.25) is 4.79 Å².